The van der Waals surface area contributed by atoms with Crippen molar-refractivity contribution in [2.75, 3.05) is 38.0 Å². The first kappa shape index (κ1) is 34.3. The number of ether oxygens (including phenoxy) is 1. The zero-order valence-corrected chi connectivity index (χ0v) is 26.5. The predicted molar refractivity (Wildman–Crippen MR) is 166 cm³/mol. The van der Waals surface area contributed by atoms with Gasteiger partial charge in [0, 0.05) is 44.3 Å². The summed E-state index contributed by atoms with van der Waals surface area (Å²) in [5.74, 6) is -1.14. The van der Waals surface area contributed by atoms with Gasteiger partial charge in [-0.15, -0.1) is 0 Å². The van der Waals surface area contributed by atoms with Crippen LogP contribution in [-0.2, 0) is 28.0 Å². The normalized spacial score (nSPS) is 12.1. The summed E-state index contributed by atoms with van der Waals surface area (Å²) in [7, 11) is 0.500. The maximum absolute atomic E-state index is 14.1. The fraction of sp³-hybridized carbons (Fsp3) is 0.345. The molecule has 0 fully saturated rings. The molecule has 4 N–H and O–H groups in total. The van der Waals surface area contributed by atoms with Crippen LogP contribution in [0.1, 0.15) is 40.7 Å². The Morgan fingerprint density at radius 2 is 1.89 bits per heavy atom. The van der Waals surface area contributed by atoms with Crippen molar-refractivity contribution in [3.63, 3.8) is 0 Å². The number of nitrogens with one attached hydrogen (secondary N) is 3. The van der Waals surface area contributed by atoms with E-state index in [-0.39, 0.29) is 30.1 Å². The fourth-order valence-corrected chi connectivity index (χ4v) is 5.42. The number of amides is 1. The Hall–Kier alpha value is -4.53. The highest BCUT2D eigenvalue weighted by atomic mass is 31.1. The van der Waals surface area contributed by atoms with E-state index in [1.54, 1.807) is 49.0 Å². The quantitative estimate of drug-likeness (QED) is 0.129. The van der Waals surface area contributed by atoms with Gasteiger partial charge >= 0.3 is 6.18 Å². The number of benzene rings is 1. The van der Waals surface area contributed by atoms with Crippen LogP contribution >= 0.6 is 8.03 Å². The van der Waals surface area contributed by atoms with Crippen molar-refractivity contribution >= 4 is 37.1 Å². The van der Waals surface area contributed by atoms with E-state index in [4.69, 9.17) is 14.4 Å². The van der Waals surface area contributed by atoms with Crippen molar-refractivity contribution in [1.29, 1.82) is 0 Å². The van der Waals surface area contributed by atoms with Gasteiger partial charge in [0.1, 0.15) is 17.1 Å². The van der Waals surface area contributed by atoms with Gasteiger partial charge in [0.15, 0.2) is 13.7 Å². The van der Waals surface area contributed by atoms with Crippen LogP contribution in [0.3, 0.4) is 0 Å². The maximum atomic E-state index is 14.1. The number of aryl methyl sites for hydroxylation is 2. The first-order valence-electron chi connectivity index (χ1n) is 14.2. The van der Waals surface area contributed by atoms with Crippen LogP contribution in [0.5, 0.6) is 5.75 Å². The summed E-state index contributed by atoms with van der Waals surface area (Å²) in [5.41, 5.74) is 1.26. The number of methoxy groups -OCH3 is 1. The summed E-state index contributed by atoms with van der Waals surface area (Å²) in [4.78, 5) is 25.2. The predicted octanol–water partition coefficient (Wildman–Crippen LogP) is 5.31. The number of carbonyl (C=O) groups is 1. The largest absolute Gasteiger partial charge is 0.495 e. The number of rotatable bonds is 14. The van der Waals surface area contributed by atoms with Crippen molar-refractivity contribution in [3.05, 3.63) is 65.2 Å². The average molecular weight is 663 g/mol. The molecular formula is C29H34F3N8O5P. The number of carbonyl (C=O) groups excluding carboxylic acids is 1. The number of hydrogen-bond donors (Lipinski definition) is 4. The minimum atomic E-state index is -4.83. The van der Waals surface area contributed by atoms with Gasteiger partial charge < -0.3 is 30.3 Å². The Bertz CT molecular complexity index is 1720. The lowest BCUT2D eigenvalue weighted by Crippen LogP contribution is -2.21. The van der Waals surface area contributed by atoms with Crippen LogP contribution < -0.4 is 20.7 Å². The number of hydrogen-bond acceptors (Lipinski definition) is 11. The second-order valence-corrected chi connectivity index (χ2v) is 11.2. The van der Waals surface area contributed by atoms with Gasteiger partial charge in [0.2, 0.25) is 5.95 Å². The molecule has 4 aromatic rings. The van der Waals surface area contributed by atoms with Crippen molar-refractivity contribution in [2.24, 2.45) is 0 Å². The van der Waals surface area contributed by atoms with Gasteiger partial charge in [-0.3, -0.25) is 14.0 Å². The van der Waals surface area contributed by atoms with Crippen LogP contribution in [0.15, 0.2) is 42.7 Å². The van der Waals surface area contributed by atoms with Crippen molar-refractivity contribution < 1.29 is 36.9 Å². The molecule has 1 amide bonds. The number of nitrogens with zero attached hydrogens (tertiary/aromatic N) is 5. The zero-order valence-electron chi connectivity index (χ0n) is 25.5. The fourth-order valence-electron chi connectivity index (χ4n) is 4.44. The Balaban J connectivity index is 1.69. The van der Waals surface area contributed by atoms with Gasteiger partial charge in [0.05, 0.1) is 36.5 Å². The number of anilines is 4. The first-order valence-corrected chi connectivity index (χ1v) is 15.7. The molecule has 0 saturated heterocycles. The molecule has 3 aromatic heterocycles. The molecule has 0 saturated carbocycles. The molecule has 0 bridgehead atoms. The number of aliphatic hydroxyl groups excluding tert-OH is 1. The third-order valence-electron chi connectivity index (χ3n) is 6.62. The molecule has 1 unspecified atom stereocenters. The van der Waals surface area contributed by atoms with Gasteiger partial charge in [-0.05, 0) is 50.1 Å². The van der Waals surface area contributed by atoms with Gasteiger partial charge in [-0.1, -0.05) is 6.07 Å². The molecule has 13 nitrogen and oxygen atoms in total. The highest BCUT2D eigenvalue weighted by Gasteiger charge is 2.36. The second-order valence-electron chi connectivity index (χ2n) is 9.86. The lowest BCUT2D eigenvalue weighted by Gasteiger charge is -2.17. The molecule has 4 rings (SSSR count). The molecule has 1 aromatic carbocycles. The summed E-state index contributed by atoms with van der Waals surface area (Å²) in [6.45, 7) is 4.28. The maximum Gasteiger partial charge on any atom is 0.421 e. The molecular weight excluding hydrogens is 628 g/mol. The van der Waals surface area contributed by atoms with E-state index in [9.17, 15) is 22.5 Å². The minimum absolute atomic E-state index is 0.00743. The minimum Gasteiger partial charge on any atom is -0.495 e. The Labute approximate surface area is 263 Å². The van der Waals surface area contributed by atoms with Gasteiger partial charge in [0.25, 0.3) is 5.91 Å². The molecule has 0 radical (unpaired) electrons. The molecule has 17 heteroatoms. The van der Waals surface area contributed by atoms with E-state index in [2.05, 4.69) is 36.0 Å². The Morgan fingerprint density at radius 1 is 1.13 bits per heavy atom. The highest BCUT2D eigenvalue weighted by Crippen LogP contribution is 2.37. The van der Waals surface area contributed by atoms with E-state index in [1.807, 2.05) is 0 Å². The van der Waals surface area contributed by atoms with Gasteiger partial charge in [-0.2, -0.15) is 23.3 Å². The number of alkyl halides is 3. The van der Waals surface area contributed by atoms with E-state index in [1.165, 1.54) is 20.2 Å². The van der Waals surface area contributed by atoms with E-state index >= 15 is 0 Å². The van der Waals surface area contributed by atoms with E-state index in [0.29, 0.717) is 59.7 Å². The highest BCUT2D eigenvalue weighted by molar-refractivity contribution is 7.38. The third kappa shape index (κ3) is 8.38. The third-order valence-corrected chi connectivity index (χ3v) is 7.93. The summed E-state index contributed by atoms with van der Waals surface area (Å²) in [6.07, 6.45) is -1.81. The molecule has 46 heavy (non-hydrogen) atoms. The molecule has 0 aliphatic heterocycles. The molecule has 246 valence electrons. The molecule has 0 aliphatic carbocycles. The van der Waals surface area contributed by atoms with Crippen molar-refractivity contribution in [1.82, 2.24) is 30.0 Å². The zero-order chi connectivity index (χ0) is 33.4. The van der Waals surface area contributed by atoms with E-state index in [0.717, 1.165) is 0 Å². The van der Waals surface area contributed by atoms with Crippen molar-refractivity contribution in [3.8, 4) is 17.0 Å². The topological polar surface area (TPSA) is 165 Å². The monoisotopic (exact) mass is 662 g/mol. The lowest BCUT2D eigenvalue weighted by molar-refractivity contribution is -0.137. The van der Waals surface area contributed by atoms with Crippen LogP contribution in [0, 0.1) is 6.92 Å². The average Bonchev–Trinajstić information content (AvgIpc) is 3.40. The smallest absolute Gasteiger partial charge is 0.421 e. The SMILES string of the molecule is CCO[PH](=O)Cc1ccc(Nc2ncc(C(F)(F)F)c(Nc3ccc(-c4cn(CCCO)nc4C)nc3C(=O)NC)n2)c(OC)c1. The number of aromatic nitrogens is 5. The van der Waals surface area contributed by atoms with E-state index < -0.39 is 31.5 Å². The number of halogens is 3. The second kappa shape index (κ2) is 15.2. The molecule has 0 spiro atoms. The number of aliphatic hydroxyl groups is 1. The molecule has 0 aliphatic rings. The summed E-state index contributed by atoms with van der Waals surface area (Å²) in [6, 6.07) is 7.90. The molecule has 3 heterocycles. The summed E-state index contributed by atoms with van der Waals surface area (Å²) >= 11 is 0. The van der Waals surface area contributed by atoms with Crippen molar-refractivity contribution in [2.45, 2.75) is 39.2 Å². The van der Waals surface area contributed by atoms with Crippen LogP contribution in [0.4, 0.5) is 36.3 Å². The number of pyridine rings is 1. The van der Waals surface area contributed by atoms with Crippen LogP contribution in [-0.4, -0.2) is 63.1 Å². The summed E-state index contributed by atoms with van der Waals surface area (Å²) in [5, 5.41) is 21.5. The van der Waals surface area contributed by atoms with Gasteiger partial charge in [-0.25, -0.2) is 9.97 Å². The molecule has 1 atom stereocenters. The Kier molecular flexibility index (Phi) is 11.3. The van der Waals surface area contributed by atoms with Crippen LogP contribution in [0.25, 0.3) is 11.3 Å². The Morgan fingerprint density at radius 3 is 2.57 bits per heavy atom. The first-order chi connectivity index (χ1) is 22.0. The lowest BCUT2D eigenvalue weighted by atomic mass is 10.1. The summed E-state index contributed by atoms with van der Waals surface area (Å²) < 4.78 is 66.5. The van der Waals surface area contributed by atoms with Crippen LogP contribution in [0.2, 0.25) is 0 Å². The standard InChI is InChI=1S/C29H34F3N8O5P/c1-5-45-46(43)16-18-7-8-22(24(13-18)44-4)37-28-34-14-20(29(30,31)32)26(38-28)36-23-10-9-21(35-25(23)27(42)33-3)19-15-40(11-6-12-41)39-17(19)2/h7-10,13-15,41,46H,5-6,11-12,16H2,1-4H3,(H,33,42)(H2,34,36,37,38).